The highest BCUT2D eigenvalue weighted by atomic mass is 32.1. The number of carboxylic acid groups (broad SMARTS) is 1. The van der Waals surface area contributed by atoms with Crippen LogP contribution in [0, 0.1) is 0 Å². The van der Waals surface area contributed by atoms with Crippen molar-refractivity contribution in [2.45, 2.75) is 19.1 Å². The maximum absolute atomic E-state index is 13.1. The average Bonchev–Trinajstić information content (AvgIpc) is 3.21. The van der Waals surface area contributed by atoms with E-state index in [4.69, 9.17) is 14.7 Å². The monoisotopic (exact) mass is 444 g/mol. The molecule has 0 atom stereocenters. The van der Waals surface area contributed by atoms with Gasteiger partial charge in [-0.15, -0.1) is 11.3 Å². The maximum Gasteiger partial charge on any atom is 0.416 e. The minimum atomic E-state index is -4.48. The third-order valence-corrected chi connectivity index (χ3v) is 5.60. The molecular formula is C20H23F3N2O4S. The van der Waals surface area contributed by atoms with Gasteiger partial charge in [-0.3, -0.25) is 9.74 Å². The van der Waals surface area contributed by atoms with Gasteiger partial charge in [0, 0.05) is 49.6 Å². The predicted octanol–water partition coefficient (Wildman–Crippen LogP) is 3.52. The molecular weight excluding hydrogens is 421 g/mol. The fourth-order valence-electron chi connectivity index (χ4n) is 3.15. The Bertz CT molecular complexity index is 822. The van der Waals surface area contributed by atoms with Gasteiger partial charge >= 0.3 is 12.1 Å². The molecule has 30 heavy (non-hydrogen) atoms. The first-order valence-electron chi connectivity index (χ1n) is 9.48. The lowest BCUT2D eigenvalue weighted by Crippen LogP contribution is -2.45. The minimum absolute atomic E-state index is 0.153. The molecule has 2 aromatic rings. The molecule has 1 aromatic heterocycles. The normalized spacial score (nSPS) is 16.0. The van der Waals surface area contributed by atoms with E-state index in [-0.39, 0.29) is 12.3 Å². The number of ether oxygens (including phenoxy) is 1. The number of benzene rings is 1. The van der Waals surface area contributed by atoms with Gasteiger partial charge in [0.2, 0.25) is 0 Å². The van der Waals surface area contributed by atoms with Gasteiger partial charge in [0.1, 0.15) is 5.75 Å². The van der Waals surface area contributed by atoms with Gasteiger partial charge in [-0.25, -0.2) is 4.79 Å². The van der Waals surface area contributed by atoms with Crippen molar-refractivity contribution >= 4 is 17.3 Å². The van der Waals surface area contributed by atoms with E-state index in [1.165, 1.54) is 10.9 Å². The number of carbonyl (C=O) groups is 1. The Morgan fingerprint density at radius 3 is 2.57 bits per heavy atom. The van der Waals surface area contributed by atoms with Gasteiger partial charge in [-0.05, 0) is 29.6 Å². The molecule has 0 bridgehead atoms. The summed E-state index contributed by atoms with van der Waals surface area (Å²) in [5, 5.41) is 12.7. The molecule has 0 unspecified atom stereocenters. The van der Waals surface area contributed by atoms with Gasteiger partial charge in [-0.2, -0.15) is 18.2 Å². The lowest BCUT2D eigenvalue weighted by atomic mass is 10.1. The number of thiophene rings is 1. The third-order valence-electron chi connectivity index (χ3n) is 4.67. The summed E-state index contributed by atoms with van der Waals surface area (Å²) in [6.45, 7) is 2.72. The van der Waals surface area contributed by atoms with Crippen LogP contribution in [0.25, 0.3) is 0 Å². The Hall–Kier alpha value is -2.14. The molecule has 6 nitrogen and oxygen atoms in total. The van der Waals surface area contributed by atoms with E-state index in [1.54, 1.807) is 11.3 Å². The average molecular weight is 444 g/mol. The second-order valence-electron chi connectivity index (χ2n) is 6.87. The van der Waals surface area contributed by atoms with Crippen LogP contribution in [0.3, 0.4) is 0 Å². The van der Waals surface area contributed by atoms with Crippen molar-refractivity contribution in [2.24, 2.45) is 0 Å². The molecule has 0 saturated carbocycles. The van der Waals surface area contributed by atoms with Crippen molar-refractivity contribution in [1.29, 1.82) is 0 Å². The van der Waals surface area contributed by atoms with Crippen LogP contribution in [0.1, 0.15) is 16.0 Å². The molecule has 0 spiro atoms. The molecule has 1 N–H and O–H groups in total. The number of carboxylic acids is 1. The topological polar surface area (TPSA) is 62.2 Å². The van der Waals surface area contributed by atoms with Crippen LogP contribution in [0.2, 0.25) is 0 Å². The second kappa shape index (κ2) is 10.3. The van der Waals surface area contributed by atoms with Crippen LogP contribution in [0.4, 0.5) is 13.2 Å². The Morgan fingerprint density at radius 1 is 1.17 bits per heavy atom. The highest BCUT2D eigenvalue weighted by Gasteiger charge is 2.31. The Labute approximate surface area is 176 Å². The van der Waals surface area contributed by atoms with E-state index in [0.29, 0.717) is 38.3 Å². The largest absolute Gasteiger partial charge is 0.482 e. The Morgan fingerprint density at radius 2 is 1.93 bits per heavy atom. The fourth-order valence-corrected chi connectivity index (χ4v) is 3.84. The quantitative estimate of drug-likeness (QED) is 0.639. The van der Waals surface area contributed by atoms with Crippen LogP contribution in [0.5, 0.6) is 5.75 Å². The third kappa shape index (κ3) is 6.69. The minimum Gasteiger partial charge on any atom is -0.482 e. The molecule has 3 rings (SSSR count). The molecule has 0 amide bonds. The number of hydrogen-bond donors (Lipinski definition) is 1. The van der Waals surface area contributed by atoms with Crippen molar-refractivity contribution in [3.8, 4) is 5.75 Å². The molecule has 10 heteroatoms. The van der Waals surface area contributed by atoms with Gasteiger partial charge in [0.15, 0.2) is 6.61 Å². The first-order valence-corrected chi connectivity index (χ1v) is 10.4. The molecule has 1 saturated heterocycles. The van der Waals surface area contributed by atoms with Crippen molar-refractivity contribution in [3.63, 3.8) is 0 Å². The van der Waals surface area contributed by atoms with Crippen molar-refractivity contribution in [1.82, 2.24) is 9.96 Å². The summed E-state index contributed by atoms with van der Waals surface area (Å²) in [4.78, 5) is 19.8. The van der Waals surface area contributed by atoms with Crippen molar-refractivity contribution < 1.29 is 32.6 Å². The second-order valence-corrected chi connectivity index (χ2v) is 7.90. The van der Waals surface area contributed by atoms with Crippen molar-refractivity contribution in [3.05, 3.63) is 51.7 Å². The highest BCUT2D eigenvalue weighted by molar-refractivity contribution is 7.09. The molecule has 1 aliphatic heterocycles. The van der Waals surface area contributed by atoms with Gasteiger partial charge in [0.05, 0.1) is 12.2 Å². The molecule has 2 heterocycles. The molecule has 1 aliphatic rings. The first kappa shape index (κ1) is 22.5. The summed E-state index contributed by atoms with van der Waals surface area (Å²) < 4.78 is 44.5. The van der Waals surface area contributed by atoms with Crippen LogP contribution in [-0.4, -0.2) is 60.4 Å². The number of nitrogens with zero attached hydrogens (tertiary/aromatic N) is 2. The number of hydrogen-bond acceptors (Lipinski definition) is 6. The first-order chi connectivity index (χ1) is 14.3. The summed E-state index contributed by atoms with van der Waals surface area (Å²) in [5.74, 6) is -1.03. The van der Waals surface area contributed by atoms with Crippen LogP contribution >= 0.6 is 11.3 Å². The number of piperazine rings is 1. The fraction of sp³-hybridized carbons (Fsp3) is 0.450. The lowest BCUT2D eigenvalue weighted by molar-refractivity contribution is -0.176. The van der Waals surface area contributed by atoms with E-state index in [0.717, 1.165) is 18.6 Å². The van der Waals surface area contributed by atoms with E-state index >= 15 is 0 Å². The molecule has 0 aliphatic carbocycles. The maximum atomic E-state index is 13.1. The highest BCUT2D eigenvalue weighted by Crippen LogP contribution is 2.33. The van der Waals surface area contributed by atoms with E-state index < -0.39 is 24.3 Å². The summed E-state index contributed by atoms with van der Waals surface area (Å²) >= 11 is 1.69. The number of alkyl halides is 3. The summed E-state index contributed by atoms with van der Waals surface area (Å²) in [6.07, 6.45) is -3.64. The zero-order chi connectivity index (χ0) is 21.6. The SMILES string of the molecule is O=C(O)COc1ccc(C(F)(F)F)cc1CN1CCN(OCCc2cccs2)CC1. The van der Waals surface area contributed by atoms with Crippen LogP contribution in [0.15, 0.2) is 35.7 Å². The molecule has 164 valence electrons. The Balaban J connectivity index is 1.55. The van der Waals surface area contributed by atoms with E-state index in [9.17, 15) is 18.0 Å². The van der Waals surface area contributed by atoms with Crippen molar-refractivity contribution in [2.75, 3.05) is 39.4 Å². The summed E-state index contributed by atoms with van der Waals surface area (Å²) in [5.41, 5.74) is -0.464. The lowest BCUT2D eigenvalue weighted by Gasteiger charge is -2.34. The Kier molecular flexibility index (Phi) is 7.70. The standard InChI is InChI=1S/C20H23F3N2O4S/c21-20(22,23)16-3-4-18(28-14-19(26)27)15(12-16)13-24-6-8-25(9-7-24)29-10-5-17-2-1-11-30-17/h1-4,11-12H,5-10,13-14H2,(H,26,27). The zero-order valence-corrected chi connectivity index (χ0v) is 17.0. The van der Waals surface area contributed by atoms with Crippen LogP contribution in [-0.2, 0) is 28.8 Å². The number of halogens is 3. The number of hydroxylamine groups is 2. The molecule has 1 aromatic carbocycles. The number of rotatable bonds is 9. The number of aliphatic carboxylic acids is 1. The zero-order valence-electron chi connectivity index (χ0n) is 16.2. The van der Waals surface area contributed by atoms with Crippen LogP contribution < -0.4 is 4.74 Å². The van der Waals surface area contributed by atoms with Gasteiger partial charge in [0.25, 0.3) is 0 Å². The van der Waals surface area contributed by atoms with Gasteiger partial charge in [-0.1, -0.05) is 6.07 Å². The predicted molar refractivity (Wildman–Crippen MR) is 105 cm³/mol. The van der Waals surface area contributed by atoms with E-state index in [2.05, 4.69) is 6.07 Å². The summed E-state index contributed by atoms with van der Waals surface area (Å²) in [6, 6.07) is 7.18. The molecule has 0 radical (unpaired) electrons. The summed E-state index contributed by atoms with van der Waals surface area (Å²) in [7, 11) is 0. The van der Waals surface area contributed by atoms with Gasteiger partial charge < -0.3 is 9.84 Å². The molecule has 1 fully saturated rings. The smallest absolute Gasteiger partial charge is 0.416 e. The van der Waals surface area contributed by atoms with E-state index in [1.807, 2.05) is 21.4 Å².